The summed E-state index contributed by atoms with van der Waals surface area (Å²) in [5, 5.41) is 0. The number of aryl methyl sites for hydroxylation is 1. The molecular formula is C14H19N3. The van der Waals surface area contributed by atoms with Gasteiger partial charge in [0.05, 0.1) is 11.2 Å². The Balaban J connectivity index is 2.21. The molecule has 2 heterocycles. The van der Waals surface area contributed by atoms with E-state index in [1.54, 1.807) is 0 Å². The molecule has 1 saturated carbocycles. The first-order chi connectivity index (χ1) is 8.31. The molecule has 0 spiro atoms. The Morgan fingerprint density at radius 3 is 2.88 bits per heavy atom. The third-order valence-corrected chi connectivity index (χ3v) is 3.88. The van der Waals surface area contributed by atoms with Crippen LogP contribution in [-0.4, -0.2) is 9.38 Å². The standard InChI is InChI=1S/C14H19N3/c1-10-5-4-8-17-13(10)12(9-15)16-14(17)11-6-2-3-7-11/h4-5,8,11H,2-3,6-7,9,15H2,1H3. The summed E-state index contributed by atoms with van der Waals surface area (Å²) < 4.78 is 2.26. The Bertz CT molecular complexity index is 536. The number of hydrogen-bond donors (Lipinski definition) is 1. The SMILES string of the molecule is Cc1cccn2c(C3CCCC3)nc(CN)c12. The first kappa shape index (κ1) is 10.8. The molecule has 90 valence electrons. The average molecular weight is 229 g/mol. The van der Waals surface area contributed by atoms with Gasteiger partial charge in [-0.1, -0.05) is 18.9 Å². The maximum absolute atomic E-state index is 5.82. The molecule has 1 aliphatic rings. The van der Waals surface area contributed by atoms with Crippen LogP contribution in [0.15, 0.2) is 18.3 Å². The molecule has 1 fully saturated rings. The average Bonchev–Trinajstić information content (AvgIpc) is 2.95. The fourth-order valence-electron chi connectivity index (χ4n) is 3.03. The molecule has 0 aliphatic heterocycles. The minimum Gasteiger partial charge on any atom is -0.325 e. The molecule has 0 unspecified atom stereocenters. The van der Waals surface area contributed by atoms with Crippen LogP contribution < -0.4 is 5.73 Å². The van der Waals surface area contributed by atoms with E-state index in [0.29, 0.717) is 12.5 Å². The van der Waals surface area contributed by atoms with Crippen molar-refractivity contribution in [2.24, 2.45) is 5.73 Å². The van der Waals surface area contributed by atoms with Gasteiger partial charge in [-0.3, -0.25) is 0 Å². The van der Waals surface area contributed by atoms with E-state index in [4.69, 9.17) is 10.7 Å². The Morgan fingerprint density at radius 1 is 1.41 bits per heavy atom. The van der Waals surface area contributed by atoms with Gasteiger partial charge in [0.1, 0.15) is 5.82 Å². The van der Waals surface area contributed by atoms with Gasteiger partial charge in [0, 0.05) is 18.7 Å². The Kier molecular flexibility index (Phi) is 2.63. The van der Waals surface area contributed by atoms with E-state index >= 15 is 0 Å². The van der Waals surface area contributed by atoms with E-state index in [-0.39, 0.29) is 0 Å². The van der Waals surface area contributed by atoms with Crippen molar-refractivity contribution in [3.05, 3.63) is 35.4 Å². The first-order valence-corrected chi connectivity index (χ1v) is 6.47. The molecule has 2 N–H and O–H groups in total. The van der Waals surface area contributed by atoms with Gasteiger partial charge in [0.25, 0.3) is 0 Å². The zero-order valence-electron chi connectivity index (χ0n) is 10.3. The molecule has 3 rings (SSSR count). The van der Waals surface area contributed by atoms with Gasteiger partial charge in [-0.2, -0.15) is 0 Å². The fourth-order valence-corrected chi connectivity index (χ4v) is 3.03. The highest BCUT2D eigenvalue weighted by atomic mass is 15.0. The molecular weight excluding hydrogens is 210 g/mol. The molecule has 17 heavy (non-hydrogen) atoms. The third-order valence-electron chi connectivity index (χ3n) is 3.88. The molecule has 2 aromatic heterocycles. The van der Waals surface area contributed by atoms with Crippen LogP contribution in [0.3, 0.4) is 0 Å². The second-order valence-corrected chi connectivity index (χ2v) is 5.01. The van der Waals surface area contributed by atoms with Crippen LogP contribution >= 0.6 is 0 Å². The summed E-state index contributed by atoms with van der Waals surface area (Å²) in [6, 6.07) is 4.23. The van der Waals surface area contributed by atoms with E-state index in [9.17, 15) is 0 Å². The molecule has 0 aromatic carbocycles. The van der Waals surface area contributed by atoms with Crippen LogP contribution in [0, 0.1) is 6.92 Å². The van der Waals surface area contributed by atoms with Gasteiger partial charge in [0.15, 0.2) is 0 Å². The van der Waals surface area contributed by atoms with Crippen LogP contribution in [0.2, 0.25) is 0 Å². The van der Waals surface area contributed by atoms with Gasteiger partial charge in [0.2, 0.25) is 0 Å². The quantitative estimate of drug-likeness (QED) is 0.860. The normalized spacial score (nSPS) is 17.1. The van der Waals surface area contributed by atoms with Crippen molar-refractivity contribution >= 4 is 5.52 Å². The number of pyridine rings is 1. The van der Waals surface area contributed by atoms with Gasteiger partial charge >= 0.3 is 0 Å². The van der Waals surface area contributed by atoms with Crippen LogP contribution in [-0.2, 0) is 6.54 Å². The Labute approximate surface area is 102 Å². The first-order valence-electron chi connectivity index (χ1n) is 6.47. The molecule has 0 atom stereocenters. The molecule has 1 aliphatic carbocycles. The molecule has 0 amide bonds. The van der Waals surface area contributed by atoms with E-state index < -0.39 is 0 Å². The zero-order chi connectivity index (χ0) is 11.8. The van der Waals surface area contributed by atoms with Crippen LogP contribution in [0.4, 0.5) is 0 Å². The highest BCUT2D eigenvalue weighted by Gasteiger charge is 2.23. The topological polar surface area (TPSA) is 43.3 Å². The maximum atomic E-state index is 5.82. The summed E-state index contributed by atoms with van der Waals surface area (Å²) in [7, 11) is 0. The summed E-state index contributed by atoms with van der Waals surface area (Å²) >= 11 is 0. The number of hydrogen-bond acceptors (Lipinski definition) is 2. The summed E-state index contributed by atoms with van der Waals surface area (Å²) in [5.41, 5.74) is 9.35. The largest absolute Gasteiger partial charge is 0.325 e. The second-order valence-electron chi connectivity index (χ2n) is 5.01. The lowest BCUT2D eigenvalue weighted by Gasteiger charge is -2.08. The van der Waals surface area contributed by atoms with Crippen molar-refractivity contribution in [2.75, 3.05) is 0 Å². The fraction of sp³-hybridized carbons (Fsp3) is 0.500. The summed E-state index contributed by atoms with van der Waals surface area (Å²) in [4.78, 5) is 4.79. The van der Waals surface area contributed by atoms with Crippen molar-refractivity contribution in [3.63, 3.8) is 0 Å². The number of aromatic nitrogens is 2. The molecule has 3 heteroatoms. The maximum Gasteiger partial charge on any atom is 0.116 e. The number of nitrogens with zero attached hydrogens (tertiary/aromatic N) is 2. The molecule has 0 saturated heterocycles. The van der Waals surface area contributed by atoms with Crippen molar-refractivity contribution in [2.45, 2.75) is 45.1 Å². The van der Waals surface area contributed by atoms with Gasteiger partial charge in [-0.15, -0.1) is 0 Å². The second kappa shape index (κ2) is 4.15. The summed E-state index contributed by atoms with van der Waals surface area (Å²) in [6.45, 7) is 2.66. The molecule has 0 bridgehead atoms. The zero-order valence-corrected chi connectivity index (χ0v) is 10.3. The molecule has 0 radical (unpaired) electrons. The minimum atomic E-state index is 0.529. The van der Waals surface area contributed by atoms with Gasteiger partial charge in [-0.25, -0.2) is 4.98 Å². The number of fused-ring (bicyclic) bond motifs is 1. The number of nitrogens with two attached hydrogens (primary N) is 1. The predicted octanol–water partition coefficient (Wildman–Crippen LogP) is 2.76. The van der Waals surface area contributed by atoms with E-state index in [2.05, 4.69) is 29.7 Å². The highest BCUT2D eigenvalue weighted by molar-refractivity contribution is 5.59. The van der Waals surface area contributed by atoms with Crippen molar-refractivity contribution < 1.29 is 0 Å². The predicted molar refractivity (Wildman–Crippen MR) is 69.0 cm³/mol. The van der Waals surface area contributed by atoms with Crippen LogP contribution in [0.1, 0.15) is 48.7 Å². The highest BCUT2D eigenvalue weighted by Crippen LogP contribution is 2.34. The smallest absolute Gasteiger partial charge is 0.116 e. The van der Waals surface area contributed by atoms with Crippen molar-refractivity contribution in [1.82, 2.24) is 9.38 Å². The number of rotatable bonds is 2. The van der Waals surface area contributed by atoms with E-state index in [0.717, 1.165) is 5.69 Å². The van der Waals surface area contributed by atoms with Gasteiger partial charge in [-0.05, 0) is 31.4 Å². The monoisotopic (exact) mass is 229 g/mol. The van der Waals surface area contributed by atoms with E-state index in [1.165, 1.54) is 42.6 Å². The lowest BCUT2D eigenvalue weighted by Crippen LogP contribution is -2.00. The Morgan fingerprint density at radius 2 is 2.18 bits per heavy atom. The van der Waals surface area contributed by atoms with E-state index in [1.807, 2.05) is 0 Å². The summed E-state index contributed by atoms with van der Waals surface area (Å²) in [6.07, 6.45) is 7.35. The van der Waals surface area contributed by atoms with Gasteiger partial charge < -0.3 is 10.1 Å². The lowest BCUT2D eigenvalue weighted by molar-refractivity contribution is 0.662. The lowest BCUT2D eigenvalue weighted by atomic mass is 10.1. The number of imidazole rings is 1. The van der Waals surface area contributed by atoms with Crippen molar-refractivity contribution in [3.8, 4) is 0 Å². The minimum absolute atomic E-state index is 0.529. The van der Waals surface area contributed by atoms with Crippen molar-refractivity contribution in [1.29, 1.82) is 0 Å². The molecule has 2 aromatic rings. The summed E-state index contributed by atoms with van der Waals surface area (Å²) in [5.74, 6) is 1.85. The Hall–Kier alpha value is -1.35. The van der Waals surface area contributed by atoms with Crippen LogP contribution in [0.5, 0.6) is 0 Å². The molecule has 3 nitrogen and oxygen atoms in total. The third kappa shape index (κ3) is 1.65. The van der Waals surface area contributed by atoms with Crippen LogP contribution in [0.25, 0.3) is 5.52 Å².